The van der Waals surface area contributed by atoms with Gasteiger partial charge in [-0.2, -0.15) is 18.3 Å². The van der Waals surface area contributed by atoms with Crippen molar-refractivity contribution in [2.24, 2.45) is 0 Å². The van der Waals surface area contributed by atoms with Gasteiger partial charge in [0.1, 0.15) is 0 Å². The molecule has 3 aromatic rings. The fourth-order valence-electron chi connectivity index (χ4n) is 3.66. The van der Waals surface area contributed by atoms with Gasteiger partial charge in [0, 0.05) is 37.9 Å². The number of aryl methyl sites for hydroxylation is 1. The third-order valence-electron chi connectivity index (χ3n) is 5.33. The van der Waals surface area contributed by atoms with Gasteiger partial charge < -0.3 is 14.2 Å². The fourth-order valence-corrected chi connectivity index (χ4v) is 3.66. The Bertz CT molecular complexity index is 1240. The van der Waals surface area contributed by atoms with Crippen molar-refractivity contribution in [3.63, 3.8) is 0 Å². The monoisotopic (exact) mass is 460 g/mol. The van der Waals surface area contributed by atoms with Crippen LogP contribution in [0, 0.1) is 6.92 Å². The number of halogens is 3. The van der Waals surface area contributed by atoms with Crippen molar-refractivity contribution in [2.75, 3.05) is 26.2 Å². The molecule has 33 heavy (non-hydrogen) atoms. The summed E-state index contributed by atoms with van der Waals surface area (Å²) in [6.07, 6.45) is -3.26. The van der Waals surface area contributed by atoms with E-state index in [1.54, 1.807) is 6.07 Å². The Morgan fingerprint density at radius 3 is 2.21 bits per heavy atom. The van der Waals surface area contributed by atoms with Gasteiger partial charge in [-0.25, -0.2) is 4.68 Å². The lowest BCUT2D eigenvalue weighted by molar-refractivity contribution is -0.137. The smallest absolute Gasteiger partial charge is 0.418 e. The van der Waals surface area contributed by atoms with Gasteiger partial charge in [0.2, 0.25) is 5.43 Å². The van der Waals surface area contributed by atoms with Crippen molar-refractivity contribution in [3.05, 3.63) is 81.7 Å². The first-order valence-corrected chi connectivity index (χ1v) is 10.1. The number of rotatable bonds is 3. The molecular weight excluding hydrogens is 441 g/mol. The summed E-state index contributed by atoms with van der Waals surface area (Å²) in [7, 11) is 0. The number of amides is 2. The second-order valence-electron chi connectivity index (χ2n) is 7.49. The second-order valence-corrected chi connectivity index (χ2v) is 7.49. The molecule has 172 valence electrons. The summed E-state index contributed by atoms with van der Waals surface area (Å²) in [5, 5.41) is 4.00. The second kappa shape index (κ2) is 8.57. The number of carbonyl (C=O) groups is 2. The van der Waals surface area contributed by atoms with Gasteiger partial charge in [0.05, 0.1) is 17.5 Å². The molecule has 0 atom stereocenters. The Hall–Kier alpha value is -3.89. The first-order chi connectivity index (χ1) is 15.7. The van der Waals surface area contributed by atoms with Crippen molar-refractivity contribution in [2.45, 2.75) is 13.1 Å². The first kappa shape index (κ1) is 22.3. The van der Waals surface area contributed by atoms with Crippen LogP contribution in [0.2, 0.25) is 0 Å². The molecule has 11 heteroatoms. The highest BCUT2D eigenvalue weighted by Gasteiger charge is 2.35. The molecule has 0 N–H and O–H groups in total. The Balaban J connectivity index is 1.59. The topological polar surface area (TPSA) is 88.7 Å². The molecule has 1 aliphatic heterocycles. The summed E-state index contributed by atoms with van der Waals surface area (Å²) in [5.41, 5.74) is -2.24. The largest absolute Gasteiger partial charge is 0.459 e. The highest BCUT2D eigenvalue weighted by molar-refractivity contribution is 5.93. The average molecular weight is 460 g/mol. The maximum atomic E-state index is 13.5. The van der Waals surface area contributed by atoms with Crippen LogP contribution in [0.25, 0.3) is 5.69 Å². The Morgan fingerprint density at radius 2 is 1.61 bits per heavy atom. The summed E-state index contributed by atoms with van der Waals surface area (Å²) in [5.74, 6) is -0.837. The van der Waals surface area contributed by atoms with Crippen LogP contribution in [-0.4, -0.2) is 57.6 Å². The number of para-hydroxylation sites is 1. The van der Waals surface area contributed by atoms with Crippen molar-refractivity contribution >= 4 is 11.8 Å². The molecule has 2 amide bonds. The number of piperazine rings is 1. The van der Waals surface area contributed by atoms with E-state index in [4.69, 9.17) is 4.42 Å². The van der Waals surface area contributed by atoms with Gasteiger partial charge in [-0.3, -0.25) is 14.4 Å². The molecular formula is C22H19F3N4O4. The number of nitrogens with zero attached hydrogens (tertiary/aromatic N) is 4. The molecule has 1 fully saturated rings. The van der Waals surface area contributed by atoms with Gasteiger partial charge in [-0.05, 0) is 31.2 Å². The van der Waals surface area contributed by atoms with Crippen LogP contribution in [0.1, 0.15) is 32.3 Å². The quantitative estimate of drug-likeness (QED) is 0.600. The Labute approximate surface area is 185 Å². The first-order valence-electron chi connectivity index (χ1n) is 10.1. The summed E-state index contributed by atoms with van der Waals surface area (Å²) >= 11 is 0. The van der Waals surface area contributed by atoms with Crippen LogP contribution in [0.5, 0.6) is 0 Å². The van der Waals surface area contributed by atoms with Crippen LogP contribution in [0.3, 0.4) is 0 Å². The number of hydrogen-bond donors (Lipinski definition) is 0. The lowest BCUT2D eigenvalue weighted by atomic mass is 10.1. The van der Waals surface area contributed by atoms with Gasteiger partial charge in [0.25, 0.3) is 11.8 Å². The number of furan rings is 1. The molecule has 2 aromatic heterocycles. The molecule has 0 bridgehead atoms. The molecule has 1 aliphatic rings. The SMILES string of the molecule is Cc1cc(=O)c(C(=O)N2CCN(C(=O)c3ccco3)CC2)nn1-c1ccccc1C(F)(F)F. The molecule has 0 spiro atoms. The fraction of sp³-hybridized carbons (Fsp3) is 0.273. The Kier molecular flexibility index (Phi) is 5.79. The van der Waals surface area contributed by atoms with Crippen LogP contribution in [-0.2, 0) is 6.18 Å². The number of alkyl halides is 3. The van der Waals surface area contributed by atoms with Crippen LogP contribution >= 0.6 is 0 Å². The lowest BCUT2D eigenvalue weighted by Crippen LogP contribution is -2.51. The van der Waals surface area contributed by atoms with Gasteiger partial charge in [-0.15, -0.1) is 0 Å². The highest BCUT2D eigenvalue weighted by Crippen LogP contribution is 2.33. The standard InChI is InChI=1S/C22H19F3N4O4/c1-14-13-17(30)19(26-29(14)16-6-3-2-5-15(16)22(23,24)25)21(32)28-10-8-27(9-11-28)20(31)18-7-4-12-33-18/h2-7,12-13H,8-11H2,1H3. The van der Waals surface area contributed by atoms with E-state index in [9.17, 15) is 27.6 Å². The van der Waals surface area contributed by atoms with Crippen molar-refractivity contribution in [3.8, 4) is 5.69 Å². The van der Waals surface area contributed by atoms with E-state index < -0.39 is 28.8 Å². The van der Waals surface area contributed by atoms with Gasteiger partial charge >= 0.3 is 6.18 Å². The highest BCUT2D eigenvalue weighted by atomic mass is 19.4. The molecule has 4 rings (SSSR count). The molecule has 0 saturated carbocycles. The zero-order valence-electron chi connectivity index (χ0n) is 17.5. The number of hydrogen-bond acceptors (Lipinski definition) is 5. The summed E-state index contributed by atoms with van der Waals surface area (Å²) in [6, 6.07) is 9.02. The maximum Gasteiger partial charge on any atom is 0.418 e. The number of benzene rings is 1. The normalized spacial score (nSPS) is 14.4. The zero-order chi connectivity index (χ0) is 23.8. The van der Waals surface area contributed by atoms with Crippen molar-refractivity contribution in [1.29, 1.82) is 0 Å². The number of carbonyl (C=O) groups excluding carboxylic acids is 2. The molecule has 1 saturated heterocycles. The van der Waals surface area contributed by atoms with Crippen molar-refractivity contribution < 1.29 is 27.2 Å². The molecule has 3 heterocycles. The molecule has 0 unspecified atom stereocenters. The third kappa shape index (κ3) is 4.38. The summed E-state index contributed by atoms with van der Waals surface area (Å²) in [6.45, 7) is 2.14. The van der Waals surface area contributed by atoms with Crippen LogP contribution < -0.4 is 5.43 Å². The van der Waals surface area contributed by atoms with Crippen LogP contribution in [0.4, 0.5) is 13.2 Å². The van der Waals surface area contributed by atoms with E-state index in [1.807, 2.05) is 0 Å². The van der Waals surface area contributed by atoms with E-state index >= 15 is 0 Å². The number of aromatic nitrogens is 2. The predicted molar refractivity (Wildman–Crippen MR) is 110 cm³/mol. The minimum atomic E-state index is -4.64. The summed E-state index contributed by atoms with van der Waals surface area (Å²) < 4.78 is 46.5. The minimum absolute atomic E-state index is 0.138. The molecule has 0 radical (unpaired) electrons. The van der Waals surface area contributed by atoms with Gasteiger partial charge in [-0.1, -0.05) is 12.1 Å². The van der Waals surface area contributed by atoms with Gasteiger partial charge in [0.15, 0.2) is 11.5 Å². The Morgan fingerprint density at radius 1 is 0.970 bits per heavy atom. The lowest BCUT2D eigenvalue weighted by Gasteiger charge is -2.34. The van der Waals surface area contributed by atoms with Crippen LogP contribution in [0.15, 0.2) is 57.9 Å². The third-order valence-corrected chi connectivity index (χ3v) is 5.33. The minimum Gasteiger partial charge on any atom is -0.459 e. The zero-order valence-corrected chi connectivity index (χ0v) is 17.5. The van der Waals surface area contributed by atoms with E-state index in [1.165, 1.54) is 47.3 Å². The van der Waals surface area contributed by atoms with E-state index in [-0.39, 0.29) is 49.2 Å². The predicted octanol–water partition coefficient (Wildman–Crippen LogP) is 2.75. The maximum absolute atomic E-state index is 13.5. The van der Waals surface area contributed by atoms with Crippen molar-refractivity contribution in [1.82, 2.24) is 19.6 Å². The molecule has 0 aliphatic carbocycles. The van der Waals surface area contributed by atoms with E-state index in [0.717, 1.165) is 16.8 Å². The average Bonchev–Trinajstić information content (AvgIpc) is 3.33. The molecule has 8 nitrogen and oxygen atoms in total. The van der Waals surface area contributed by atoms with E-state index in [2.05, 4.69) is 5.10 Å². The van der Waals surface area contributed by atoms with E-state index in [0.29, 0.717) is 0 Å². The molecule has 1 aromatic carbocycles. The summed E-state index contributed by atoms with van der Waals surface area (Å²) in [4.78, 5) is 40.8.